The van der Waals surface area contributed by atoms with Crippen LogP contribution in [0.25, 0.3) is 0 Å². The summed E-state index contributed by atoms with van der Waals surface area (Å²) in [6.07, 6.45) is 3.59. The first-order valence-corrected chi connectivity index (χ1v) is 9.45. The molecule has 0 spiro atoms. The van der Waals surface area contributed by atoms with Crippen molar-refractivity contribution in [2.45, 2.75) is 25.9 Å². The molecule has 0 unspecified atom stereocenters. The number of aromatic nitrogens is 1. The van der Waals surface area contributed by atoms with E-state index in [9.17, 15) is 9.59 Å². The highest BCUT2D eigenvalue weighted by atomic mass is 16.2. The van der Waals surface area contributed by atoms with Crippen LogP contribution in [0.5, 0.6) is 0 Å². The number of aryl methyl sites for hydroxylation is 1. The number of urea groups is 1. The Hall–Kier alpha value is -3.67. The van der Waals surface area contributed by atoms with E-state index in [1.807, 2.05) is 61.5 Å². The molecule has 1 aromatic heterocycles. The lowest BCUT2D eigenvalue weighted by molar-refractivity contribution is -0.117. The minimum absolute atomic E-state index is 0.286. The molecule has 3 aromatic rings. The van der Waals surface area contributed by atoms with Gasteiger partial charge >= 0.3 is 6.03 Å². The molecule has 0 fully saturated rings. The van der Waals surface area contributed by atoms with E-state index >= 15 is 0 Å². The summed E-state index contributed by atoms with van der Waals surface area (Å²) in [6, 6.07) is 19.7. The first kappa shape index (κ1) is 20.1. The fourth-order valence-electron chi connectivity index (χ4n) is 2.92. The topological polar surface area (TPSA) is 83.1 Å². The van der Waals surface area contributed by atoms with Crippen molar-refractivity contribution in [3.05, 3.63) is 95.8 Å². The summed E-state index contributed by atoms with van der Waals surface area (Å²) in [5, 5.41) is 8.46. The van der Waals surface area contributed by atoms with E-state index in [1.165, 1.54) is 0 Å². The van der Waals surface area contributed by atoms with E-state index in [0.29, 0.717) is 18.7 Å². The quantitative estimate of drug-likeness (QED) is 0.580. The van der Waals surface area contributed by atoms with Crippen LogP contribution in [-0.4, -0.2) is 23.0 Å². The molecule has 0 bridgehead atoms. The summed E-state index contributed by atoms with van der Waals surface area (Å²) in [7, 11) is 0. The Morgan fingerprint density at radius 2 is 1.62 bits per heavy atom. The predicted octanol–water partition coefficient (Wildman–Crippen LogP) is 3.44. The van der Waals surface area contributed by atoms with Crippen molar-refractivity contribution in [2.24, 2.45) is 0 Å². The molecule has 0 saturated heterocycles. The van der Waals surface area contributed by atoms with Crippen LogP contribution in [0, 0.1) is 6.92 Å². The minimum Gasteiger partial charge on any atom is -0.334 e. The summed E-state index contributed by atoms with van der Waals surface area (Å²) in [6.45, 7) is 2.39. The fourth-order valence-corrected chi connectivity index (χ4v) is 2.92. The van der Waals surface area contributed by atoms with Crippen LogP contribution in [0.15, 0.2) is 79.1 Å². The summed E-state index contributed by atoms with van der Waals surface area (Å²) in [5.41, 5.74) is 3.72. The Morgan fingerprint density at radius 1 is 0.931 bits per heavy atom. The Balaban J connectivity index is 1.66. The zero-order valence-corrected chi connectivity index (χ0v) is 16.3. The van der Waals surface area contributed by atoms with Crippen LogP contribution >= 0.6 is 0 Å². The molecule has 0 saturated carbocycles. The van der Waals surface area contributed by atoms with Crippen LogP contribution in [0.3, 0.4) is 0 Å². The van der Waals surface area contributed by atoms with Crippen molar-refractivity contribution < 1.29 is 9.59 Å². The van der Waals surface area contributed by atoms with E-state index in [2.05, 4.69) is 20.9 Å². The van der Waals surface area contributed by atoms with E-state index in [-0.39, 0.29) is 11.9 Å². The lowest BCUT2D eigenvalue weighted by Crippen LogP contribution is -2.49. The van der Waals surface area contributed by atoms with Gasteiger partial charge in [0.05, 0.1) is 0 Å². The molecule has 6 nitrogen and oxygen atoms in total. The monoisotopic (exact) mass is 388 g/mol. The Kier molecular flexibility index (Phi) is 6.95. The van der Waals surface area contributed by atoms with Gasteiger partial charge in [-0.05, 0) is 35.7 Å². The van der Waals surface area contributed by atoms with E-state index in [0.717, 1.165) is 16.7 Å². The van der Waals surface area contributed by atoms with Gasteiger partial charge in [0.1, 0.15) is 6.04 Å². The first-order valence-electron chi connectivity index (χ1n) is 9.45. The Morgan fingerprint density at radius 3 is 2.34 bits per heavy atom. The van der Waals surface area contributed by atoms with E-state index in [1.54, 1.807) is 24.5 Å². The number of carbonyl (C=O) groups excluding carboxylic acids is 2. The van der Waals surface area contributed by atoms with Gasteiger partial charge in [0.25, 0.3) is 0 Å². The van der Waals surface area contributed by atoms with Gasteiger partial charge in [-0.2, -0.15) is 0 Å². The number of carbonyl (C=O) groups is 2. The molecule has 3 N–H and O–H groups in total. The number of nitrogens with zero attached hydrogens (tertiary/aromatic N) is 1. The molecule has 3 rings (SSSR count). The maximum atomic E-state index is 12.8. The molecule has 6 heteroatoms. The van der Waals surface area contributed by atoms with Crippen molar-refractivity contribution in [1.29, 1.82) is 0 Å². The van der Waals surface area contributed by atoms with Crippen LogP contribution in [0.1, 0.15) is 16.7 Å². The molecule has 3 amide bonds. The molecule has 148 valence electrons. The largest absolute Gasteiger partial charge is 0.334 e. The molecule has 1 atom stereocenters. The smallest absolute Gasteiger partial charge is 0.315 e. The molecule has 0 aliphatic heterocycles. The second-order valence-corrected chi connectivity index (χ2v) is 6.72. The SMILES string of the molecule is Cc1ccccc1CNC(=O)N[C@@H](Cc1ccccc1)C(=O)Nc1ccncc1. The molecule has 29 heavy (non-hydrogen) atoms. The molecule has 0 aliphatic carbocycles. The Labute approximate surface area is 170 Å². The third-order valence-electron chi connectivity index (χ3n) is 4.55. The number of nitrogens with one attached hydrogen (secondary N) is 3. The molecule has 0 aliphatic rings. The van der Waals surface area contributed by atoms with Gasteiger partial charge in [-0.25, -0.2) is 4.79 Å². The zero-order chi connectivity index (χ0) is 20.5. The number of hydrogen-bond acceptors (Lipinski definition) is 3. The maximum Gasteiger partial charge on any atom is 0.315 e. The highest BCUT2D eigenvalue weighted by molar-refractivity contribution is 5.97. The number of rotatable bonds is 7. The average Bonchev–Trinajstić information content (AvgIpc) is 2.74. The third-order valence-corrected chi connectivity index (χ3v) is 4.55. The van der Waals surface area contributed by atoms with Gasteiger partial charge in [-0.15, -0.1) is 0 Å². The van der Waals surface area contributed by atoms with Gasteiger partial charge < -0.3 is 16.0 Å². The highest BCUT2D eigenvalue weighted by Crippen LogP contribution is 2.09. The summed E-state index contributed by atoms with van der Waals surface area (Å²) in [5.74, 6) is -0.286. The van der Waals surface area contributed by atoms with Gasteiger partial charge in [0.2, 0.25) is 5.91 Å². The van der Waals surface area contributed by atoms with Crippen molar-refractivity contribution in [1.82, 2.24) is 15.6 Å². The lowest BCUT2D eigenvalue weighted by atomic mass is 10.1. The van der Waals surface area contributed by atoms with Crippen molar-refractivity contribution in [3.8, 4) is 0 Å². The van der Waals surface area contributed by atoms with Crippen molar-refractivity contribution >= 4 is 17.6 Å². The van der Waals surface area contributed by atoms with Gasteiger partial charge in [0.15, 0.2) is 0 Å². The van der Waals surface area contributed by atoms with Crippen molar-refractivity contribution in [2.75, 3.05) is 5.32 Å². The number of hydrogen-bond donors (Lipinski definition) is 3. The van der Waals surface area contributed by atoms with Crippen LogP contribution in [0.2, 0.25) is 0 Å². The summed E-state index contributed by atoms with van der Waals surface area (Å²) >= 11 is 0. The maximum absolute atomic E-state index is 12.8. The summed E-state index contributed by atoms with van der Waals surface area (Å²) in [4.78, 5) is 29.2. The van der Waals surface area contributed by atoms with Crippen LogP contribution in [-0.2, 0) is 17.8 Å². The second kappa shape index (κ2) is 10.0. The number of benzene rings is 2. The molecular formula is C23H24N4O2. The third kappa shape index (κ3) is 6.17. The van der Waals surface area contributed by atoms with Gasteiger partial charge in [0, 0.05) is 31.0 Å². The fraction of sp³-hybridized carbons (Fsp3) is 0.174. The van der Waals surface area contributed by atoms with Crippen LogP contribution < -0.4 is 16.0 Å². The van der Waals surface area contributed by atoms with Crippen LogP contribution in [0.4, 0.5) is 10.5 Å². The average molecular weight is 388 g/mol. The zero-order valence-electron chi connectivity index (χ0n) is 16.3. The molecule has 0 radical (unpaired) electrons. The molecular weight excluding hydrogens is 364 g/mol. The standard InChI is InChI=1S/C23H24N4O2/c1-17-7-5-6-10-19(17)16-25-23(29)27-21(15-18-8-3-2-4-9-18)22(28)26-20-11-13-24-14-12-20/h2-14,21H,15-16H2,1H3,(H,24,26,28)(H2,25,27,29)/t21-/m0/s1. The van der Waals surface area contributed by atoms with E-state index < -0.39 is 6.04 Å². The number of amides is 3. The predicted molar refractivity (Wildman–Crippen MR) is 113 cm³/mol. The molecule has 2 aromatic carbocycles. The van der Waals surface area contributed by atoms with E-state index in [4.69, 9.17) is 0 Å². The number of pyridine rings is 1. The van der Waals surface area contributed by atoms with Crippen molar-refractivity contribution in [3.63, 3.8) is 0 Å². The second-order valence-electron chi connectivity index (χ2n) is 6.72. The molecule has 1 heterocycles. The lowest BCUT2D eigenvalue weighted by Gasteiger charge is -2.19. The minimum atomic E-state index is -0.720. The normalized spacial score (nSPS) is 11.3. The number of anilines is 1. The van der Waals surface area contributed by atoms with Gasteiger partial charge in [-0.1, -0.05) is 54.6 Å². The highest BCUT2D eigenvalue weighted by Gasteiger charge is 2.21. The summed E-state index contributed by atoms with van der Waals surface area (Å²) < 4.78 is 0. The first-order chi connectivity index (χ1) is 14.1. The van der Waals surface area contributed by atoms with Gasteiger partial charge in [-0.3, -0.25) is 9.78 Å². The Bertz CT molecular complexity index is 945.